The molecule has 2 rings (SSSR count). The molecule has 20 heavy (non-hydrogen) atoms. The second kappa shape index (κ2) is 8.81. The summed E-state index contributed by atoms with van der Waals surface area (Å²) in [4.78, 5) is 0. The summed E-state index contributed by atoms with van der Waals surface area (Å²) >= 11 is 0. The lowest BCUT2D eigenvalue weighted by molar-refractivity contribution is 0.0928. The van der Waals surface area contributed by atoms with Crippen LogP contribution >= 0.6 is 0 Å². The molecule has 0 atom stereocenters. The molecular weight excluding hydrogens is 251 g/mol. The molecule has 0 saturated heterocycles. The first-order valence-corrected chi connectivity index (χ1v) is 8.57. The van der Waals surface area contributed by atoms with Gasteiger partial charge in [0.1, 0.15) is 0 Å². The smallest absolute Gasteiger partial charge is 0.0827 e. The van der Waals surface area contributed by atoms with Gasteiger partial charge in [0.05, 0.1) is 6.33 Å². The van der Waals surface area contributed by atoms with Crippen LogP contribution < -0.4 is 0 Å². The Bertz CT molecular complexity index is 273. The monoisotopic (exact) mass is 282 g/mol. The number of ether oxygens (including phenoxy) is 1. The second-order valence-corrected chi connectivity index (χ2v) is 6.96. The highest BCUT2D eigenvalue weighted by molar-refractivity contribution is 4.83. The predicted octanol–water partition coefficient (Wildman–Crippen LogP) is 5.51. The third kappa shape index (κ3) is 4.87. The fourth-order valence-electron chi connectivity index (χ4n) is 4.41. The molecule has 0 aromatic heterocycles. The first-order valence-electron chi connectivity index (χ1n) is 8.57. The van der Waals surface area contributed by atoms with E-state index in [9.17, 15) is 4.39 Å². The number of methoxy groups -OCH3 is 1. The van der Waals surface area contributed by atoms with E-state index in [1.807, 2.05) is 7.11 Å². The SMILES string of the molecule is COC[C@H]1CC[C@H](C2CCC(CC/C=C/F)CC2)CC1. The van der Waals surface area contributed by atoms with Crippen LogP contribution in [0.2, 0.25) is 0 Å². The molecule has 2 aliphatic rings. The minimum atomic E-state index is 0.699. The van der Waals surface area contributed by atoms with Crippen LogP contribution in [0.15, 0.2) is 12.4 Å². The Morgan fingerprint density at radius 3 is 1.95 bits per heavy atom. The van der Waals surface area contributed by atoms with E-state index in [0.717, 1.165) is 36.7 Å². The summed E-state index contributed by atoms with van der Waals surface area (Å²) in [5.41, 5.74) is 0. The Morgan fingerprint density at radius 1 is 0.900 bits per heavy atom. The summed E-state index contributed by atoms with van der Waals surface area (Å²) in [6.45, 7) is 0.960. The van der Waals surface area contributed by atoms with Crippen LogP contribution in [0.1, 0.15) is 64.2 Å². The third-order valence-electron chi connectivity index (χ3n) is 5.68. The predicted molar refractivity (Wildman–Crippen MR) is 82.3 cm³/mol. The lowest BCUT2D eigenvalue weighted by Gasteiger charge is -2.37. The van der Waals surface area contributed by atoms with Crippen molar-refractivity contribution >= 4 is 0 Å². The molecule has 0 aromatic rings. The Hall–Kier alpha value is -0.370. The Labute approximate surface area is 124 Å². The number of halogens is 1. The molecular formula is C18H31FO. The maximum atomic E-state index is 11.9. The van der Waals surface area contributed by atoms with E-state index in [-0.39, 0.29) is 0 Å². The van der Waals surface area contributed by atoms with E-state index in [0.29, 0.717) is 6.33 Å². The molecule has 0 amide bonds. The molecule has 0 radical (unpaired) electrons. The zero-order valence-electron chi connectivity index (χ0n) is 13.0. The van der Waals surface area contributed by atoms with Crippen LogP contribution in [0.4, 0.5) is 4.39 Å². The molecule has 0 aliphatic heterocycles. The highest BCUT2D eigenvalue weighted by atomic mass is 19.1. The highest BCUT2D eigenvalue weighted by Crippen LogP contribution is 2.42. The van der Waals surface area contributed by atoms with Gasteiger partial charge in [0, 0.05) is 13.7 Å². The zero-order chi connectivity index (χ0) is 14.2. The fraction of sp³-hybridized carbons (Fsp3) is 0.889. The molecule has 0 spiro atoms. The highest BCUT2D eigenvalue weighted by Gasteiger charge is 2.30. The minimum Gasteiger partial charge on any atom is -0.384 e. The maximum absolute atomic E-state index is 11.9. The fourth-order valence-corrected chi connectivity index (χ4v) is 4.41. The van der Waals surface area contributed by atoms with Gasteiger partial charge >= 0.3 is 0 Å². The molecule has 1 nitrogen and oxygen atoms in total. The second-order valence-electron chi connectivity index (χ2n) is 6.96. The Kier molecular flexibility index (Phi) is 7.06. The van der Waals surface area contributed by atoms with Crippen LogP contribution in [0.25, 0.3) is 0 Å². The van der Waals surface area contributed by atoms with Crippen LogP contribution in [0.3, 0.4) is 0 Å². The lowest BCUT2D eigenvalue weighted by Crippen LogP contribution is -2.27. The standard InChI is InChI=1S/C18H31FO/c1-20-14-16-7-11-18(12-8-16)17-9-5-15(6-10-17)4-2-3-13-19/h3,13,15-18H,2,4-12,14H2,1H3/b13-3+/t15?,16-,17?,18-. The molecule has 0 bridgehead atoms. The minimum absolute atomic E-state index is 0.699. The average Bonchev–Trinajstić information content (AvgIpc) is 2.49. The van der Waals surface area contributed by atoms with Crippen molar-refractivity contribution in [1.29, 1.82) is 0 Å². The number of allylic oxidation sites excluding steroid dienone is 1. The maximum Gasteiger partial charge on any atom is 0.0827 e. The summed E-state index contributed by atoms with van der Waals surface area (Å²) in [5.74, 6) is 3.63. The first kappa shape index (κ1) is 16.0. The molecule has 0 aromatic carbocycles. The van der Waals surface area contributed by atoms with Crippen molar-refractivity contribution in [3.8, 4) is 0 Å². The van der Waals surface area contributed by atoms with Gasteiger partial charge in [-0.25, -0.2) is 4.39 Å². The third-order valence-corrected chi connectivity index (χ3v) is 5.68. The molecule has 2 saturated carbocycles. The molecule has 0 N–H and O–H groups in total. The van der Waals surface area contributed by atoms with Gasteiger partial charge in [0.15, 0.2) is 0 Å². The molecule has 116 valence electrons. The summed E-state index contributed by atoms with van der Waals surface area (Å²) in [5, 5.41) is 0. The van der Waals surface area contributed by atoms with Crippen molar-refractivity contribution in [2.75, 3.05) is 13.7 Å². The van der Waals surface area contributed by atoms with Gasteiger partial charge in [-0.15, -0.1) is 0 Å². The van der Waals surface area contributed by atoms with Gasteiger partial charge in [0.25, 0.3) is 0 Å². The topological polar surface area (TPSA) is 9.23 Å². The van der Waals surface area contributed by atoms with E-state index in [4.69, 9.17) is 4.74 Å². The van der Waals surface area contributed by atoms with Crippen molar-refractivity contribution < 1.29 is 9.13 Å². The Morgan fingerprint density at radius 2 is 1.45 bits per heavy atom. The van der Waals surface area contributed by atoms with Crippen LogP contribution in [0.5, 0.6) is 0 Å². The zero-order valence-corrected chi connectivity index (χ0v) is 13.0. The summed E-state index contributed by atoms with van der Waals surface area (Å²) in [6, 6.07) is 0. The van der Waals surface area contributed by atoms with Gasteiger partial charge in [-0.1, -0.05) is 18.9 Å². The van der Waals surface area contributed by atoms with Crippen molar-refractivity contribution in [2.45, 2.75) is 64.2 Å². The van der Waals surface area contributed by atoms with Crippen LogP contribution in [0, 0.1) is 23.7 Å². The van der Waals surface area contributed by atoms with E-state index < -0.39 is 0 Å². The van der Waals surface area contributed by atoms with Gasteiger partial charge in [-0.2, -0.15) is 0 Å². The van der Waals surface area contributed by atoms with E-state index in [2.05, 4.69) is 0 Å². The number of rotatable bonds is 6. The summed E-state index contributed by atoms with van der Waals surface area (Å²) in [7, 11) is 1.82. The quantitative estimate of drug-likeness (QED) is 0.624. The van der Waals surface area contributed by atoms with Gasteiger partial charge in [-0.3, -0.25) is 0 Å². The Balaban J connectivity index is 1.64. The van der Waals surface area contributed by atoms with Crippen molar-refractivity contribution in [2.24, 2.45) is 23.7 Å². The van der Waals surface area contributed by atoms with Crippen molar-refractivity contribution in [1.82, 2.24) is 0 Å². The van der Waals surface area contributed by atoms with Gasteiger partial charge in [0.2, 0.25) is 0 Å². The summed E-state index contributed by atoms with van der Waals surface area (Å²) < 4.78 is 17.2. The molecule has 2 aliphatic carbocycles. The van der Waals surface area contributed by atoms with Crippen molar-refractivity contribution in [3.63, 3.8) is 0 Å². The van der Waals surface area contributed by atoms with Crippen LogP contribution in [-0.2, 0) is 4.74 Å². The van der Waals surface area contributed by atoms with E-state index in [1.54, 1.807) is 6.08 Å². The number of hydrogen-bond donors (Lipinski definition) is 0. The largest absolute Gasteiger partial charge is 0.384 e. The van der Waals surface area contributed by atoms with E-state index in [1.165, 1.54) is 57.8 Å². The van der Waals surface area contributed by atoms with Gasteiger partial charge < -0.3 is 4.74 Å². The van der Waals surface area contributed by atoms with Crippen LogP contribution in [-0.4, -0.2) is 13.7 Å². The average molecular weight is 282 g/mol. The van der Waals surface area contributed by atoms with Gasteiger partial charge in [-0.05, 0) is 75.0 Å². The van der Waals surface area contributed by atoms with E-state index >= 15 is 0 Å². The summed E-state index contributed by atoms with van der Waals surface area (Å²) in [6.07, 6.45) is 15.7. The molecule has 0 heterocycles. The number of hydrogen-bond acceptors (Lipinski definition) is 1. The molecule has 2 fully saturated rings. The lowest BCUT2D eigenvalue weighted by atomic mass is 9.69. The van der Waals surface area contributed by atoms with Crippen molar-refractivity contribution in [3.05, 3.63) is 12.4 Å². The normalized spacial score (nSPS) is 35.5. The molecule has 2 heteroatoms. The molecule has 0 unspecified atom stereocenters. The first-order chi connectivity index (χ1) is 9.83.